The molecule has 0 saturated carbocycles. The van der Waals surface area contributed by atoms with Gasteiger partial charge in [-0.25, -0.2) is 0 Å². The van der Waals surface area contributed by atoms with Crippen LogP contribution in [0.3, 0.4) is 0 Å². The molecule has 1 aromatic heterocycles. The van der Waals surface area contributed by atoms with Crippen molar-refractivity contribution in [1.82, 2.24) is 10.2 Å². The number of nitrogens with zero attached hydrogens (tertiary/aromatic N) is 1. The van der Waals surface area contributed by atoms with Crippen LogP contribution in [0.15, 0.2) is 53.1 Å². The van der Waals surface area contributed by atoms with Gasteiger partial charge in [0.15, 0.2) is 0 Å². The van der Waals surface area contributed by atoms with Crippen LogP contribution in [-0.2, 0) is 13.1 Å². The summed E-state index contributed by atoms with van der Waals surface area (Å²) in [5.41, 5.74) is 1.40. The number of nitrogens with one attached hydrogen (secondary N) is 1. The first-order chi connectivity index (χ1) is 9.40. The van der Waals surface area contributed by atoms with Gasteiger partial charge in [-0.15, -0.1) is 0 Å². The second kappa shape index (κ2) is 6.04. The van der Waals surface area contributed by atoms with Crippen LogP contribution in [0.2, 0.25) is 0 Å². The fourth-order valence-corrected chi connectivity index (χ4v) is 2.64. The van der Waals surface area contributed by atoms with E-state index in [2.05, 4.69) is 40.5 Å². The minimum absolute atomic E-state index is 0.578. The summed E-state index contributed by atoms with van der Waals surface area (Å²) in [5, 5.41) is 3.56. The Kier molecular flexibility index (Phi) is 3.96. The van der Waals surface area contributed by atoms with Crippen molar-refractivity contribution >= 4 is 0 Å². The molecule has 2 aromatic rings. The van der Waals surface area contributed by atoms with Crippen LogP contribution in [0, 0.1) is 0 Å². The van der Waals surface area contributed by atoms with Crippen molar-refractivity contribution in [3.05, 3.63) is 60.1 Å². The van der Waals surface area contributed by atoms with Gasteiger partial charge in [0.1, 0.15) is 5.76 Å². The lowest BCUT2D eigenvalue weighted by Gasteiger charge is -2.16. The normalized spacial score (nSPS) is 19.9. The lowest BCUT2D eigenvalue weighted by Crippen LogP contribution is -2.31. The van der Waals surface area contributed by atoms with Crippen LogP contribution in [0.5, 0.6) is 0 Å². The van der Waals surface area contributed by atoms with E-state index in [-0.39, 0.29) is 0 Å². The van der Waals surface area contributed by atoms with Gasteiger partial charge >= 0.3 is 0 Å². The summed E-state index contributed by atoms with van der Waals surface area (Å²) >= 11 is 0. The van der Waals surface area contributed by atoms with Crippen molar-refractivity contribution in [2.75, 3.05) is 13.1 Å². The topological polar surface area (TPSA) is 28.4 Å². The number of hydrogen-bond acceptors (Lipinski definition) is 3. The minimum Gasteiger partial charge on any atom is -0.468 e. The van der Waals surface area contributed by atoms with Gasteiger partial charge in [-0.3, -0.25) is 4.90 Å². The SMILES string of the molecule is c1ccc(CN2CCC(NCc3ccco3)C2)cc1. The first-order valence-corrected chi connectivity index (χ1v) is 6.92. The Morgan fingerprint density at radius 3 is 2.84 bits per heavy atom. The van der Waals surface area contributed by atoms with Gasteiger partial charge in [0.2, 0.25) is 0 Å². The van der Waals surface area contributed by atoms with E-state index in [1.807, 2.05) is 12.1 Å². The number of rotatable bonds is 5. The average Bonchev–Trinajstić information content (AvgIpc) is 3.09. The summed E-state index contributed by atoms with van der Waals surface area (Å²) in [4.78, 5) is 2.51. The minimum atomic E-state index is 0.578. The van der Waals surface area contributed by atoms with Crippen LogP contribution in [0.25, 0.3) is 0 Å². The molecule has 1 aliphatic rings. The molecule has 3 rings (SSSR count). The predicted molar refractivity (Wildman–Crippen MR) is 75.7 cm³/mol. The van der Waals surface area contributed by atoms with Crippen molar-refractivity contribution in [2.45, 2.75) is 25.6 Å². The van der Waals surface area contributed by atoms with Crippen LogP contribution < -0.4 is 5.32 Å². The van der Waals surface area contributed by atoms with Crippen LogP contribution >= 0.6 is 0 Å². The van der Waals surface area contributed by atoms with Crippen LogP contribution in [-0.4, -0.2) is 24.0 Å². The summed E-state index contributed by atoms with van der Waals surface area (Å²) in [6.45, 7) is 4.18. The van der Waals surface area contributed by atoms with E-state index >= 15 is 0 Å². The van der Waals surface area contributed by atoms with Crippen LogP contribution in [0.4, 0.5) is 0 Å². The molecule has 100 valence electrons. The Labute approximate surface area is 114 Å². The molecule has 0 radical (unpaired) electrons. The summed E-state index contributed by atoms with van der Waals surface area (Å²) in [7, 11) is 0. The van der Waals surface area contributed by atoms with E-state index in [0.717, 1.165) is 25.4 Å². The van der Waals surface area contributed by atoms with Crippen molar-refractivity contribution in [3.63, 3.8) is 0 Å². The van der Waals surface area contributed by atoms with Crippen molar-refractivity contribution in [1.29, 1.82) is 0 Å². The Morgan fingerprint density at radius 1 is 1.16 bits per heavy atom. The highest BCUT2D eigenvalue weighted by Gasteiger charge is 2.21. The molecule has 1 atom stereocenters. The third-order valence-corrected chi connectivity index (χ3v) is 3.67. The second-order valence-corrected chi connectivity index (χ2v) is 5.17. The van der Waals surface area contributed by atoms with E-state index in [0.29, 0.717) is 6.04 Å². The largest absolute Gasteiger partial charge is 0.468 e. The molecule has 1 fully saturated rings. The van der Waals surface area contributed by atoms with E-state index in [1.54, 1.807) is 6.26 Å². The zero-order chi connectivity index (χ0) is 12.9. The smallest absolute Gasteiger partial charge is 0.117 e. The van der Waals surface area contributed by atoms with Gasteiger partial charge in [-0.1, -0.05) is 30.3 Å². The summed E-state index contributed by atoms with van der Waals surface area (Å²) in [5.74, 6) is 1.02. The van der Waals surface area contributed by atoms with Crippen molar-refractivity contribution in [3.8, 4) is 0 Å². The van der Waals surface area contributed by atoms with Crippen LogP contribution in [0.1, 0.15) is 17.7 Å². The second-order valence-electron chi connectivity index (χ2n) is 5.17. The molecule has 0 spiro atoms. The summed E-state index contributed by atoms with van der Waals surface area (Å²) in [6, 6.07) is 15.2. The number of benzene rings is 1. The Balaban J connectivity index is 1.45. The molecule has 2 heterocycles. The van der Waals surface area contributed by atoms with E-state index in [9.17, 15) is 0 Å². The molecule has 1 aliphatic heterocycles. The maximum absolute atomic E-state index is 5.34. The van der Waals surface area contributed by atoms with E-state index in [4.69, 9.17) is 4.42 Å². The van der Waals surface area contributed by atoms with Gasteiger partial charge in [-0.2, -0.15) is 0 Å². The molecule has 1 saturated heterocycles. The Hall–Kier alpha value is -1.58. The van der Waals surface area contributed by atoms with E-state index < -0.39 is 0 Å². The molecule has 3 nitrogen and oxygen atoms in total. The highest BCUT2D eigenvalue weighted by molar-refractivity contribution is 5.14. The monoisotopic (exact) mass is 256 g/mol. The maximum atomic E-state index is 5.34. The van der Waals surface area contributed by atoms with E-state index in [1.165, 1.54) is 18.5 Å². The Bertz CT molecular complexity index is 481. The summed E-state index contributed by atoms with van der Waals surface area (Å²) in [6.07, 6.45) is 2.95. The molecule has 3 heteroatoms. The fourth-order valence-electron chi connectivity index (χ4n) is 2.64. The lowest BCUT2D eigenvalue weighted by atomic mass is 10.2. The zero-order valence-electron chi connectivity index (χ0n) is 11.1. The Morgan fingerprint density at radius 2 is 2.05 bits per heavy atom. The molecule has 1 unspecified atom stereocenters. The summed E-state index contributed by atoms with van der Waals surface area (Å²) < 4.78 is 5.34. The lowest BCUT2D eigenvalue weighted by molar-refractivity contribution is 0.318. The standard InChI is InChI=1S/C16H20N2O/c1-2-5-14(6-3-1)12-18-9-8-15(13-18)17-11-16-7-4-10-19-16/h1-7,10,15,17H,8-9,11-13H2. The van der Waals surface area contributed by atoms with Gasteiger partial charge in [0.05, 0.1) is 12.8 Å². The zero-order valence-corrected chi connectivity index (χ0v) is 11.1. The van der Waals surface area contributed by atoms with Gasteiger partial charge in [0, 0.05) is 25.7 Å². The van der Waals surface area contributed by atoms with Crippen molar-refractivity contribution in [2.24, 2.45) is 0 Å². The van der Waals surface area contributed by atoms with Gasteiger partial charge in [0.25, 0.3) is 0 Å². The third kappa shape index (κ3) is 3.46. The quantitative estimate of drug-likeness (QED) is 0.891. The maximum Gasteiger partial charge on any atom is 0.117 e. The number of hydrogen-bond donors (Lipinski definition) is 1. The highest BCUT2D eigenvalue weighted by atomic mass is 16.3. The molecular formula is C16H20N2O. The molecular weight excluding hydrogens is 236 g/mol. The molecule has 0 bridgehead atoms. The number of likely N-dealkylation sites (tertiary alicyclic amines) is 1. The van der Waals surface area contributed by atoms with Gasteiger partial charge < -0.3 is 9.73 Å². The highest BCUT2D eigenvalue weighted by Crippen LogP contribution is 2.14. The van der Waals surface area contributed by atoms with Gasteiger partial charge in [-0.05, 0) is 24.1 Å². The molecule has 0 aliphatic carbocycles. The third-order valence-electron chi connectivity index (χ3n) is 3.67. The average molecular weight is 256 g/mol. The molecule has 19 heavy (non-hydrogen) atoms. The fraction of sp³-hybridized carbons (Fsp3) is 0.375. The molecule has 1 N–H and O–H groups in total. The predicted octanol–water partition coefficient (Wildman–Crippen LogP) is 2.64. The first kappa shape index (κ1) is 12.5. The molecule has 0 amide bonds. The van der Waals surface area contributed by atoms with Crippen molar-refractivity contribution < 1.29 is 4.42 Å². The number of furan rings is 1. The molecule has 1 aromatic carbocycles. The first-order valence-electron chi connectivity index (χ1n) is 6.92.